The monoisotopic (exact) mass is 273 g/mol. The number of nitrogens with zero attached hydrogens (tertiary/aromatic N) is 1. The molecular formula is C15H19N3O2. The molecule has 1 heterocycles. The Hall–Kier alpha value is -2.14. The average molecular weight is 273 g/mol. The predicted molar refractivity (Wildman–Crippen MR) is 80.1 cm³/mol. The molecule has 0 saturated carbocycles. The predicted octanol–water partition coefficient (Wildman–Crippen LogP) is 2.04. The Bertz CT molecular complexity index is 613. The van der Waals surface area contributed by atoms with Gasteiger partial charge in [-0.2, -0.15) is 0 Å². The smallest absolute Gasteiger partial charge is 0.270 e. The zero-order valence-corrected chi connectivity index (χ0v) is 11.9. The Morgan fingerprint density at radius 2 is 2.15 bits per heavy atom. The lowest BCUT2D eigenvalue weighted by Crippen LogP contribution is -2.36. The van der Waals surface area contributed by atoms with Crippen LogP contribution in [-0.4, -0.2) is 37.7 Å². The van der Waals surface area contributed by atoms with Crippen LogP contribution in [0, 0.1) is 0 Å². The van der Waals surface area contributed by atoms with E-state index in [-0.39, 0.29) is 11.9 Å². The normalized spacial score (nSPS) is 12.2. The molecule has 0 saturated heterocycles. The van der Waals surface area contributed by atoms with Crippen molar-refractivity contribution in [1.29, 1.82) is 0 Å². The Balaban J connectivity index is 2.32. The first-order valence-corrected chi connectivity index (χ1v) is 6.53. The molecule has 0 aliphatic rings. The van der Waals surface area contributed by atoms with Crippen LogP contribution in [0.1, 0.15) is 17.4 Å². The van der Waals surface area contributed by atoms with Crippen LogP contribution in [0.15, 0.2) is 30.3 Å². The number of nitrogens with one attached hydrogen (secondary N) is 2. The lowest BCUT2D eigenvalue weighted by Gasteiger charge is -2.13. The molecule has 20 heavy (non-hydrogen) atoms. The Morgan fingerprint density at radius 3 is 2.85 bits per heavy atom. The first-order valence-electron chi connectivity index (χ1n) is 6.53. The standard InChI is InChI=1S/C15H19N3O2/c1-10(9-20-3)17-15(19)13-8-11-6-4-5-7-12(11)14(16-2)18-13/h4-8,10H,9H2,1-3H3,(H,16,18)(H,17,19). The number of ether oxygens (including phenoxy) is 1. The summed E-state index contributed by atoms with van der Waals surface area (Å²) in [5, 5.41) is 7.87. The third kappa shape index (κ3) is 3.05. The van der Waals surface area contributed by atoms with Gasteiger partial charge in [0.25, 0.3) is 5.91 Å². The average Bonchev–Trinajstić information content (AvgIpc) is 2.46. The summed E-state index contributed by atoms with van der Waals surface area (Å²) >= 11 is 0. The number of carbonyl (C=O) groups excluding carboxylic acids is 1. The van der Waals surface area contributed by atoms with Crippen LogP contribution in [0.5, 0.6) is 0 Å². The second-order valence-corrected chi connectivity index (χ2v) is 4.66. The van der Waals surface area contributed by atoms with Crippen LogP contribution < -0.4 is 10.6 Å². The summed E-state index contributed by atoms with van der Waals surface area (Å²) in [4.78, 5) is 16.6. The molecule has 1 unspecified atom stereocenters. The van der Waals surface area contributed by atoms with Crippen LogP contribution in [0.4, 0.5) is 5.82 Å². The van der Waals surface area contributed by atoms with E-state index in [0.29, 0.717) is 18.1 Å². The number of hydrogen-bond acceptors (Lipinski definition) is 4. The highest BCUT2D eigenvalue weighted by atomic mass is 16.5. The largest absolute Gasteiger partial charge is 0.383 e. The summed E-state index contributed by atoms with van der Waals surface area (Å²) in [5.41, 5.74) is 0.399. The first-order chi connectivity index (χ1) is 9.65. The molecule has 2 N–H and O–H groups in total. The van der Waals surface area contributed by atoms with Crippen molar-refractivity contribution in [3.8, 4) is 0 Å². The molecule has 5 heteroatoms. The molecule has 1 aromatic carbocycles. The molecule has 1 atom stereocenters. The molecule has 1 amide bonds. The minimum Gasteiger partial charge on any atom is -0.383 e. The number of aromatic nitrogens is 1. The van der Waals surface area contributed by atoms with Gasteiger partial charge in [-0.05, 0) is 18.4 Å². The number of pyridine rings is 1. The van der Waals surface area contributed by atoms with Crippen molar-refractivity contribution in [2.24, 2.45) is 0 Å². The minimum absolute atomic E-state index is 0.0567. The van der Waals surface area contributed by atoms with Crippen LogP contribution >= 0.6 is 0 Å². The molecule has 0 spiro atoms. The highest BCUT2D eigenvalue weighted by molar-refractivity contribution is 6.00. The van der Waals surface area contributed by atoms with Crippen LogP contribution in [0.2, 0.25) is 0 Å². The molecule has 0 radical (unpaired) electrons. The second-order valence-electron chi connectivity index (χ2n) is 4.66. The van der Waals surface area contributed by atoms with Gasteiger partial charge in [0.2, 0.25) is 0 Å². The van der Waals surface area contributed by atoms with Crippen LogP contribution in [-0.2, 0) is 4.74 Å². The van der Waals surface area contributed by atoms with Gasteiger partial charge >= 0.3 is 0 Å². The Kier molecular flexibility index (Phi) is 4.53. The van der Waals surface area contributed by atoms with Crippen LogP contribution in [0.25, 0.3) is 10.8 Å². The van der Waals surface area contributed by atoms with E-state index in [0.717, 1.165) is 10.8 Å². The van der Waals surface area contributed by atoms with Gasteiger partial charge in [0, 0.05) is 25.6 Å². The highest BCUT2D eigenvalue weighted by Gasteiger charge is 2.13. The lowest BCUT2D eigenvalue weighted by molar-refractivity contribution is 0.0901. The maximum Gasteiger partial charge on any atom is 0.270 e. The lowest BCUT2D eigenvalue weighted by atomic mass is 10.1. The van der Waals surface area contributed by atoms with E-state index < -0.39 is 0 Å². The maximum absolute atomic E-state index is 12.2. The van der Waals surface area contributed by atoms with E-state index in [1.807, 2.05) is 31.2 Å². The fourth-order valence-electron chi connectivity index (χ4n) is 2.10. The van der Waals surface area contributed by atoms with Crippen molar-refractivity contribution in [2.75, 3.05) is 26.1 Å². The number of rotatable bonds is 5. The zero-order valence-electron chi connectivity index (χ0n) is 11.9. The van der Waals surface area contributed by atoms with Gasteiger partial charge in [-0.1, -0.05) is 24.3 Å². The van der Waals surface area contributed by atoms with Crippen molar-refractivity contribution in [2.45, 2.75) is 13.0 Å². The molecular weight excluding hydrogens is 254 g/mol. The summed E-state index contributed by atoms with van der Waals surface area (Å²) in [6, 6.07) is 9.57. The van der Waals surface area contributed by atoms with E-state index in [2.05, 4.69) is 15.6 Å². The van der Waals surface area contributed by atoms with Gasteiger partial charge in [0.15, 0.2) is 0 Å². The van der Waals surface area contributed by atoms with E-state index in [1.54, 1.807) is 20.2 Å². The molecule has 2 aromatic rings. The van der Waals surface area contributed by atoms with Crippen LogP contribution in [0.3, 0.4) is 0 Å². The van der Waals surface area contributed by atoms with E-state index in [1.165, 1.54) is 0 Å². The number of hydrogen-bond donors (Lipinski definition) is 2. The van der Waals surface area contributed by atoms with E-state index in [4.69, 9.17) is 4.74 Å². The van der Waals surface area contributed by atoms with Crippen molar-refractivity contribution < 1.29 is 9.53 Å². The summed E-state index contributed by atoms with van der Waals surface area (Å²) in [7, 11) is 3.40. The molecule has 106 valence electrons. The summed E-state index contributed by atoms with van der Waals surface area (Å²) in [6.45, 7) is 2.36. The summed E-state index contributed by atoms with van der Waals surface area (Å²) in [5.74, 6) is 0.504. The SMILES string of the molecule is CNc1nc(C(=O)NC(C)COC)cc2ccccc12. The molecule has 5 nitrogen and oxygen atoms in total. The zero-order chi connectivity index (χ0) is 14.5. The fourth-order valence-corrected chi connectivity index (χ4v) is 2.10. The summed E-state index contributed by atoms with van der Waals surface area (Å²) in [6.07, 6.45) is 0. The van der Waals surface area contributed by atoms with Gasteiger partial charge in [0.1, 0.15) is 11.5 Å². The molecule has 0 bridgehead atoms. The minimum atomic E-state index is -0.197. The van der Waals surface area contributed by atoms with Crippen molar-refractivity contribution in [1.82, 2.24) is 10.3 Å². The molecule has 1 aromatic heterocycles. The van der Waals surface area contributed by atoms with E-state index >= 15 is 0 Å². The number of anilines is 1. The van der Waals surface area contributed by atoms with E-state index in [9.17, 15) is 4.79 Å². The van der Waals surface area contributed by atoms with Gasteiger partial charge < -0.3 is 15.4 Å². The number of carbonyl (C=O) groups is 1. The number of methoxy groups -OCH3 is 1. The molecule has 0 fully saturated rings. The van der Waals surface area contributed by atoms with Gasteiger partial charge in [0.05, 0.1) is 6.61 Å². The van der Waals surface area contributed by atoms with Gasteiger partial charge in [-0.15, -0.1) is 0 Å². The van der Waals surface area contributed by atoms with Crippen molar-refractivity contribution >= 4 is 22.5 Å². The first kappa shape index (κ1) is 14.3. The quantitative estimate of drug-likeness (QED) is 0.875. The topological polar surface area (TPSA) is 63.2 Å². The molecule has 0 aliphatic heterocycles. The highest BCUT2D eigenvalue weighted by Crippen LogP contribution is 2.22. The second kappa shape index (κ2) is 6.34. The Morgan fingerprint density at radius 1 is 1.40 bits per heavy atom. The third-order valence-corrected chi connectivity index (χ3v) is 3.00. The van der Waals surface area contributed by atoms with Gasteiger partial charge in [-0.3, -0.25) is 4.79 Å². The molecule has 2 rings (SSSR count). The number of benzene rings is 1. The number of amides is 1. The Labute approximate surface area is 118 Å². The van der Waals surface area contributed by atoms with Crippen molar-refractivity contribution in [3.05, 3.63) is 36.0 Å². The molecule has 0 aliphatic carbocycles. The maximum atomic E-state index is 12.2. The number of fused-ring (bicyclic) bond motifs is 1. The fraction of sp³-hybridized carbons (Fsp3) is 0.333. The van der Waals surface area contributed by atoms with Gasteiger partial charge in [-0.25, -0.2) is 4.98 Å². The third-order valence-electron chi connectivity index (χ3n) is 3.00. The van der Waals surface area contributed by atoms with Crippen molar-refractivity contribution in [3.63, 3.8) is 0 Å². The summed E-state index contributed by atoms with van der Waals surface area (Å²) < 4.78 is 5.01.